The molecule has 9 heteroatoms. The van der Waals surface area contributed by atoms with Gasteiger partial charge < -0.3 is 9.30 Å². The van der Waals surface area contributed by atoms with E-state index in [1.165, 1.54) is 22.5 Å². The largest absolute Gasteiger partial charge is 0.383 e. The van der Waals surface area contributed by atoms with Gasteiger partial charge in [0, 0.05) is 42.1 Å². The molecule has 0 fully saturated rings. The molecule has 0 bridgehead atoms. The first-order valence-corrected chi connectivity index (χ1v) is 11.8. The molecule has 7 nitrogen and oxygen atoms in total. The van der Waals surface area contributed by atoms with Crippen LogP contribution in [0.15, 0.2) is 30.3 Å². The number of ether oxygens (including phenoxy) is 1. The molecule has 0 saturated carbocycles. The molecule has 0 aliphatic carbocycles. The van der Waals surface area contributed by atoms with Crippen LogP contribution in [0.5, 0.6) is 0 Å². The maximum absolute atomic E-state index is 12.7. The fourth-order valence-electron chi connectivity index (χ4n) is 3.25. The summed E-state index contributed by atoms with van der Waals surface area (Å²) in [5.41, 5.74) is 4.55. The number of nitrogens with one attached hydrogen (secondary N) is 1. The number of aryl methyl sites for hydroxylation is 2. The van der Waals surface area contributed by atoms with Gasteiger partial charge >= 0.3 is 0 Å². The van der Waals surface area contributed by atoms with Gasteiger partial charge in [0.25, 0.3) is 11.7 Å². The van der Waals surface area contributed by atoms with Crippen molar-refractivity contribution in [2.45, 2.75) is 38.8 Å². The molecule has 0 atom stereocenters. The van der Waals surface area contributed by atoms with Crippen molar-refractivity contribution in [3.8, 4) is 0 Å². The molecule has 164 valence electrons. The molecule has 3 rings (SSSR count). The van der Waals surface area contributed by atoms with Crippen molar-refractivity contribution in [3.63, 3.8) is 0 Å². The quantitative estimate of drug-likeness (QED) is 0.363. The second-order valence-electron chi connectivity index (χ2n) is 7.20. The van der Waals surface area contributed by atoms with E-state index in [-0.39, 0.29) is 0 Å². The molecule has 2 heterocycles. The number of hydrogen-bond donors (Lipinski definition) is 1. The zero-order chi connectivity index (χ0) is 22.4. The number of hydrogen-bond acceptors (Lipinski definition) is 7. The van der Waals surface area contributed by atoms with Gasteiger partial charge in [0.05, 0.1) is 6.61 Å². The highest BCUT2D eigenvalue weighted by Gasteiger charge is 2.23. The minimum atomic E-state index is -0.706. The summed E-state index contributed by atoms with van der Waals surface area (Å²) in [5, 5.41) is 11.9. The number of rotatable bonds is 10. The number of aromatic nitrogens is 3. The van der Waals surface area contributed by atoms with Crippen molar-refractivity contribution < 1.29 is 14.3 Å². The summed E-state index contributed by atoms with van der Waals surface area (Å²) in [5.74, 6) is 0.278. The Balaban J connectivity index is 1.56. The summed E-state index contributed by atoms with van der Waals surface area (Å²) < 4.78 is 7.08. The first kappa shape index (κ1) is 23.2. The maximum Gasteiger partial charge on any atom is 0.298 e. The van der Waals surface area contributed by atoms with Crippen LogP contribution in [0.2, 0.25) is 0 Å². The molecule has 0 saturated heterocycles. The maximum atomic E-state index is 12.7. The third-order valence-electron chi connectivity index (χ3n) is 4.81. The van der Waals surface area contributed by atoms with Crippen LogP contribution in [-0.4, -0.2) is 40.2 Å². The average molecular weight is 459 g/mol. The molecule has 1 aromatic carbocycles. The Labute approximate surface area is 190 Å². The smallest absolute Gasteiger partial charge is 0.298 e. The minimum absolute atomic E-state index is 0.331. The zero-order valence-corrected chi connectivity index (χ0v) is 19.7. The summed E-state index contributed by atoms with van der Waals surface area (Å²) in [6.45, 7) is 6.97. The van der Waals surface area contributed by atoms with Gasteiger partial charge in [-0.25, -0.2) is 0 Å². The van der Waals surface area contributed by atoms with Gasteiger partial charge in [-0.2, -0.15) is 0 Å². The number of ketones is 1. The predicted octanol–water partition coefficient (Wildman–Crippen LogP) is 4.17. The van der Waals surface area contributed by atoms with Gasteiger partial charge in [0.15, 0.2) is 0 Å². The molecule has 0 unspecified atom stereocenters. The first-order chi connectivity index (χ1) is 14.9. The highest BCUT2D eigenvalue weighted by molar-refractivity contribution is 7.97. The molecular weight excluding hydrogens is 432 g/mol. The van der Waals surface area contributed by atoms with Crippen LogP contribution >= 0.6 is 23.1 Å². The number of methoxy groups -OCH3 is 1. The fourth-order valence-corrected chi connectivity index (χ4v) is 5.02. The molecule has 1 amide bonds. The van der Waals surface area contributed by atoms with Crippen molar-refractivity contribution >= 4 is 39.9 Å². The summed E-state index contributed by atoms with van der Waals surface area (Å²) >= 11 is 3.02. The van der Waals surface area contributed by atoms with E-state index in [1.807, 2.05) is 18.4 Å². The molecule has 0 aliphatic heterocycles. The number of carbonyl (C=O) groups is 2. The minimum Gasteiger partial charge on any atom is -0.383 e. The molecule has 0 aliphatic rings. The van der Waals surface area contributed by atoms with E-state index < -0.39 is 11.7 Å². The van der Waals surface area contributed by atoms with Gasteiger partial charge in [-0.15, -0.1) is 22.0 Å². The number of benzene rings is 1. The van der Waals surface area contributed by atoms with Crippen molar-refractivity contribution in [3.05, 3.63) is 63.4 Å². The van der Waals surface area contributed by atoms with Crippen LogP contribution in [0.25, 0.3) is 0 Å². The van der Waals surface area contributed by atoms with Gasteiger partial charge in [-0.3, -0.25) is 14.9 Å². The van der Waals surface area contributed by atoms with E-state index in [0.717, 1.165) is 22.1 Å². The van der Waals surface area contributed by atoms with Crippen molar-refractivity contribution in [1.29, 1.82) is 0 Å². The Kier molecular flexibility index (Phi) is 8.00. The van der Waals surface area contributed by atoms with Crippen molar-refractivity contribution in [2.24, 2.45) is 0 Å². The van der Waals surface area contributed by atoms with E-state index >= 15 is 0 Å². The lowest BCUT2D eigenvalue weighted by atomic mass is 10.1. The van der Waals surface area contributed by atoms with Gasteiger partial charge in [0.2, 0.25) is 5.13 Å². The SMILES string of the molecule is COCCn1c(C)cc(C(=O)C(=O)Nc2nnc(CSCc3cccc(C)c3)s2)c1C. The monoisotopic (exact) mass is 458 g/mol. The summed E-state index contributed by atoms with van der Waals surface area (Å²) in [7, 11) is 1.63. The molecule has 31 heavy (non-hydrogen) atoms. The number of anilines is 1. The number of carbonyl (C=O) groups excluding carboxylic acids is 2. The van der Waals surface area contributed by atoms with Gasteiger partial charge in [-0.1, -0.05) is 41.2 Å². The van der Waals surface area contributed by atoms with Crippen LogP contribution in [-0.2, 0) is 27.6 Å². The highest BCUT2D eigenvalue weighted by Crippen LogP contribution is 2.23. The molecule has 1 N–H and O–H groups in total. The second kappa shape index (κ2) is 10.7. The zero-order valence-electron chi connectivity index (χ0n) is 18.1. The molecule has 2 aromatic heterocycles. The molecule has 0 spiro atoms. The number of Topliss-reactive ketones (excluding diaryl/α,β-unsaturated/α-hetero) is 1. The van der Waals surface area contributed by atoms with Crippen LogP contribution < -0.4 is 5.32 Å². The molecule has 3 aromatic rings. The lowest BCUT2D eigenvalue weighted by molar-refractivity contribution is -0.112. The van der Waals surface area contributed by atoms with Crippen molar-refractivity contribution in [1.82, 2.24) is 14.8 Å². The number of nitrogens with zero attached hydrogens (tertiary/aromatic N) is 3. The Morgan fingerprint density at radius 3 is 2.71 bits per heavy atom. The van der Waals surface area contributed by atoms with E-state index in [1.54, 1.807) is 24.9 Å². The molecule has 0 radical (unpaired) electrons. The fraction of sp³-hybridized carbons (Fsp3) is 0.364. The highest BCUT2D eigenvalue weighted by atomic mass is 32.2. The van der Waals surface area contributed by atoms with E-state index in [9.17, 15) is 9.59 Å². The van der Waals surface area contributed by atoms with E-state index in [4.69, 9.17) is 4.74 Å². The predicted molar refractivity (Wildman–Crippen MR) is 125 cm³/mol. The number of thioether (sulfide) groups is 1. The Morgan fingerprint density at radius 1 is 1.16 bits per heavy atom. The standard InChI is InChI=1S/C22H26N4O3S2/c1-14-6-5-7-17(10-14)12-30-13-19-24-25-22(31-19)23-21(28)20(27)18-11-15(2)26(16(18)3)8-9-29-4/h5-7,10-11H,8-9,12-13H2,1-4H3,(H,23,25,28). The summed E-state index contributed by atoms with van der Waals surface area (Å²) in [4.78, 5) is 25.1. The third-order valence-corrected chi connectivity index (χ3v) is 6.84. The van der Waals surface area contributed by atoms with Crippen LogP contribution in [0.3, 0.4) is 0 Å². The average Bonchev–Trinajstić information content (AvgIpc) is 3.29. The summed E-state index contributed by atoms with van der Waals surface area (Å²) in [6.07, 6.45) is 0. The molecular formula is C22H26N4O3S2. The van der Waals surface area contributed by atoms with Gasteiger partial charge in [0.1, 0.15) is 5.01 Å². The lowest BCUT2D eigenvalue weighted by Crippen LogP contribution is -2.23. The van der Waals surface area contributed by atoms with E-state index in [2.05, 4.69) is 46.7 Å². The Bertz CT molecular complexity index is 1070. The first-order valence-electron chi connectivity index (χ1n) is 9.86. The Hall–Kier alpha value is -2.49. The van der Waals surface area contributed by atoms with Crippen LogP contribution in [0.4, 0.5) is 5.13 Å². The third kappa shape index (κ3) is 6.03. The summed E-state index contributed by atoms with van der Waals surface area (Å²) in [6, 6.07) is 10.1. The van der Waals surface area contributed by atoms with Crippen LogP contribution in [0, 0.1) is 20.8 Å². The number of amides is 1. The second-order valence-corrected chi connectivity index (χ2v) is 9.24. The lowest BCUT2D eigenvalue weighted by Gasteiger charge is -2.08. The Morgan fingerprint density at radius 2 is 1.97 bits per heavy atom. The van der Waals surface area contributed by atoms with Crippen LogP contribution in [0.1, 0.15) is 37.9 Å². The topological polar surface area (TPSA) is 86.1 Å². The van der Waals surface area contributed by atoms with Crippen molar-refractivity contribution in [2.75, 3.05) is 19.0 Å². The normalized spacial score (nSPS) is 11.0. The van der Waals surface area contributed by atoms with Gasteiger partial charge in [-0.05, 0) is 32.4 Å². The van der Waals surface area contributed by atoms with E-state index in [0.29, 0.717) is 29.6 Å².